The number of anilines is 1. The first-order valence-corrected chi connectivity index (χ1v) is 5.46. The summed E-state index contributed by atoms with van der Waals surface area (Å²) < 4.78 is 2.07. The number of nitrogens with two attached hydrogens (primary N) is 1. The molecule has 2 aromatic rings. The van der Waals surface area contributed by atoms with Gasteiger partial charge in [-0.05, 0) is 38.8 Å². The molecule has 12 heavy (non-hydrogen) atoms. The van der Waals surface area contributed by atoms with Crippen molar-refractivity contribution < 1.29 is 0 Å². The van der Waals surface area contributed by atoms with Crippen LogP contribution in [-0.4, -0.2) is 0 Å². The first kappa shape index (κ1) is 8.41. The maximum absolute atomic E-state index is 5.87. The summed E-state index contributed by atoms with van der Waals surface area (Å²) in [5.41, 5.74) is 6.63. The first-order chi connectivity index (χ1) is 5.70. The van der Waals surface area contributed by atoms with Crippen LogP contribution in [0.25, 0.3) is 10.1 Å². The van der Waals surface area contributed by atoms with Crippen LogP contribution in [0.2, 0.25) is 0 Å². The zero-order valence-electron chi connectivity index (χ0n) is 6.04. The Hall–Kier alpha value is -0.190. The molecule has 1 aromatic carbocycles. The van der Waals surface area contributed by atoms with Crippen molar-refractivity contribution in [2.75, 3.05) is 5.73 Å². The zero-order valence-corrected chi connectivity index (χ0v) is 9.34. The van der Waals surface area contributed by atoms with Gasteiger partial charge in [0.25, 0.3) is 0 Å². The van der Waals surface area contributed by atoms with E-state index in [4.69, 9.17) is 5.73 Å². The van der Waals surface area contributed by atoms with E-state index in [0.717, 1.165) is 19.8 Å². The number of rotatable bonds is 0. The van der Waals surface area contributed by atoms with Crippen molar-refractivity contribution in [3.05, 3.63) is 22.0 Å². The van der Waals surface area contributed by atoms with Crippen LogP contribution in [0.4, 0.5) is 5.69 Å². The predicted molar refractivity (Wildman–Crippen MR) is 61.2 cm³/mol. The fraction of sp³-hybridized carbons (Fsp3) is 0. The van der Waals surface area contributed by atoms with E-state index in [9.17, 15) is 0 Å². The number of halogens is 1. The Labute approximate surface area is 88.1 Å². The molecular formula is C8H6BrNS2. The molecule has 0 spiro atoms. The predicted octanol–water partition coefficient (Wildman–Crippen LogP) is 3.53. The van der Waals surface area contributed by atoms with Crippen LogP contribution in [0.3, 0.4) is 0 Å². The van der Waals surface area contributed by atoms with Gasteiger partial charge in [-0.1, -0.05) is 0 Å². The fourth-order valence-corrected chi connectivity index (χ4v) is 2.65. The second-order valence-electron chi connectivity index (χ2n) is 2.46. The Morgan fingerprint density at radius 2 is 2.25 bits per heavy atom. The molecule has 0 unspecified atom stereocenters. The molecule has 0 aliphatic rings. The molecule has 4 heteroatoms. The smallest absolute Gasteiger partial charge is 0.0642 e. The van der Waals surface area contributed by atoms with Gasteiger partial charge in [0, 0.05) is 9.37 Å². The summed E-state index contributed by atoms with van der Waals surface area (Å²) >= 11 is 9.34. The molecule has 0 aliphatic heterocycles. The van der Waals surface area contributed by atoms with E-state index in [2.05, 4.69) is 28.6 Å². The minimum Gasteiger partial charge on any atom is -0.397 e. The van der Waals surface area contributed by atoms with Gasteiger partial charge in [0.1, 0.15) is 0 Å². The highest BCUT2D eigenvalue weighted by molar-refractivity contribution is 9.10. The standard InChI is InChI=1S/C8H6BrNS2/c9-5-3-4-1-2-12-8(4)6(10)7(5)11/h1-3,11H,10H2. The van der Waals surface area contributed by atoms with Gasteiger partial charge in [-0.15, -0.1) is 24.0 Å². The summed E-state index contributed by atoms with van der Waals surface area (Å²) in [7, 11) is 0. The lowest BCUT2D eigenvalue weighted by molar-refractivity contribution is 1.47. The van der Waals surface area contributed by atoms with Gasteiger partial charge >= 0.3 is 0 Å². The van der Waals surface area contributed by atoms with Gasteiger partial charge in [0.05, 0.1) is 10.4 Å². The largest absolute Gasteiger partial charge is 0.397 e. The number of thiol groups is 1. The Kier molecular flexibility index (Phi) is 2.06. The van der Waals surface area contributed by atoms with E-state index in [0.29, 0.717) is 0 Å². The number of benzene rings is 1. The van der Waals surface area contributed by atoms with Crippen molar-refractivity contribution in [1.29, 1.82) is 0 Å². The highest BCUT2D eigenvalue weighted by atomic mass is 79.9. The van der Waals surface area contributed by atoms with Crippen LogP contribution in [0.5, 0.6) is 0 Å². The lowest BCUT2D eigenvalue weighted by atomic mass is 10.2. The van der Waals surface area contributed by atoms with E-state index in [1.54, 1.807) is 11.3 Å². The van der Waals surface area contributed by atoms with Crippen molar-refractivity contribution >= 4 is 55.7 Å². The van der Waals surface area contributed by atoms with E-state index in [1.165, 1.54) is 5.39 Å². The van der Waals surface area contributed by atoms with Gasteiger partial charge in [0.2, 0.25) is 0 Å². The van der Waals surface area contributed by atoms with E-state index in [1.807, 2.05) is 17.5 Å². The number of hydrogen-bond donors (Lipinski definition) is 2. The molecule has 0 fully saturated rings. The molecule has 0 saturated carbocycles. The Morgan fingerprint density at radius 3 is 3.00 bits per heavy atom. The first-order valence-electron chi connectivity index (χ1n) is 3.34. The Bertz CT molecular complexity index is 436. The molecule has 2 rings (SSSR count). The Balaban J connectivity index is 2.94. The van der Waals surface area contributed by atoms with E-state index >= 15 is 0 Å². The highest BCUT2D eigenvalue weighted by Gasteiger charge is 2.06. The third kappa shape index (κ3) is 1.14. The summed E-state index contributed by atoms with van der Waals surface area (Å²) in [6.45, 7) is 0. The van der Waals surface area contributed by atoms with Crippen LogP contribution in [0.15, 0.2) is 26.9 Å². The van der Waals surface area contributed by atoms with E-state index in [-0.39, 0.29) is 0 Å². The zero-order chi connectivity index (χ0) is 8.72. The molecule has 62 valence electrons. The average molecular weight is 260 g/mol. The second-order valence-corrected chi connectivity index (χ2v) is 4.68. The molecule has 2 N–H and O–H groups in total. The van der Waals surface area contributed by atoms with Gasteiger partial charge in [0.15, 0.2) is 0 Å². The van der Waals surface area contributed by atoms with Crippen LogP contribution in [0, 0.1) is 0 Å². The third-order valence-electron chi connectivity index (χ3n) is 1.70. The topological polar surface area (TPSA) is 26.0 Å². The summed E-state index contributed by atoms with van der Waals surface area (Å²) in [6, 6.07) is 4.08. The van der Waals surface area contributed by atoms with Crippen molar-refractivity contribution in [2.24, 2.45) is 0 Å². The molecule has 0 amide bonds. The van der Waals surface area contributed by atoms with Gasteiger partial charge in [-0.3, -0.25) is 0 Å². The highest BCUT2D eigenvalue weighted by Crippen LogP contribution is 2.36. The minimum absolute atomic E-state index is 0.762. The van der Waals surface area contributed by atoms with Crippen molar-refractivity contribution in [3.63, 3.8) is 0 Å². The summed E-state index contributed by atoms with van der Waals surface area (Å²) in [5.74, 6) is 0. The summed E-state index contributed by atoms with van der Waals surface area (Å²) in [6.07, 6.45) is 0. The Morgan fingerprint density at radius 1 is 1.50 bits per heavy atom. The molecule has 1 aromatic heterocycles. The lowest BCUT2D eigenvalue weighted by Gasteiger charge is -2.02. The van der Waals surface area contributed by atoms with Crippen LogP contribution < -0.4 is 5.73 Å². The quantitative estimate of drug-likeness (QED) is 0.550. The maximum Gasteiger partial charge on any atom is 0.0642 e. The average Bonchev–Trinajstić information content (AvgIpc) is 2.48. The number of hydrogen-bond acceptors (Lipinski definition) is 3. The molecule has 1 nitrogen and oxygen atoms in total. The SMILES string of the molecule is Nc1c(S)c(Br)cc2ccsc12. The van der Waals surface area contributed by atoms with Crippen LogP contribution in [0.1, 0.15) is 0 Å². The molecule has 0 radical (unpaired) electrons. The number of thiophene rings is 1. The second kappa shape index (κ2) is 2.94. The minimum atomic E-state index is 0.762. The molecule has 0 bridgehead atoms. The van der Waals surface area contributed by atoms with E-state index < -0.39 is 0 Å². The molecule has 0 atom stereocenters. The molecule has 0 aliphatic carbocycles. The summed E-state index contributed by atoms with van der Waals surface area (Å²) in [4.78, 5) is 0.824. The summed E-state index contributed by atoms with van der Waals surface area (Å²) in [5, 5.41) is 3.20. The van der Waals surface area contributed by atoms with Crippen molar-refractivity contribution in [3.8, 4) is 0 Å². The fourth-order valence-electron chi connectivity index (χ4n) is 1.09. The molecule has 1 heterocycles. The van der Waals surface area contributed by atoms with Crippen molar-refractivity contribution in [2.45, 2.75) is 4.90 Å². The molecular weight excluding hydrogens is 254 g/mol. The number of fused-ring (bicyclic) bond motifs is 1. The van der Waals surface area contributed by atoms with Crippen molar-refractivity contribution in [1.82, 2.24) is 0 Å². The monoisotopic (exact) mass is 259 g/mol. The number of nitrogen functional groups attached to an aromatic ring is 1. The van der Waals surface area contributed by atoms with Gasteiger partial charge < -0.3 is 5.73 Å². The van der Waals surface area contributed by atoms with Gasteiger partial charge in [-0.25, -0.2) is 0 Å². The molecule has 0 saturated heterocycles. The lowest BCUT2D eigenvalue weighted by Crippen LogP contribution is -1.87. The van der Waals surface area contributed by atoms with Crippen LogP contribution >= 0.6 is 39.9 Å². The normalized spacial score (nSPS) is 10.8. The van der Waals surface area contributed by atoms with Crippen LogP contribution in [-0.2, 0) is 0 Å². The maximum atomic E-state index is 5.87. The van der Waals surface area contributed by atoms with Gasteiger partial charge in [-0.2, -0.15) is 0 Å². The third-order valence-corrected chi connectivity index (χ3v) is 4.08.